The fourth-order valence-corrected chi connectivity index (χ4v) is 2.97. The minimum Gasteiger partial charge on any atom is -0.358 e. The molecule has 104 valence electrons. The molecule has 2 aromatic heterocycles. The minimum atomic E-state index is 0.0284. The molecule has 2 N–H and O–H groups in total. The van der Waals surface area contributed by atoms with Gasteiger partial charge in [0.1, 0.15) is 0 Å². The van der Waals surface area contributed by atoms with Crippen molar-refractivity contribution in [3.8, 4) is 11.1 Å². The van der Waals surface area contributed by atoms with E-state index >= 15 is 0 Å². The molecular weight excluding hydrogens is 262 g/mol. The smallest absolute Gasteiger partial charge is 0.253 e. The average molecular weight is 277 g/mol. The van der Waals surface area contributed by atoms with Gasteiger partial charge in [-0.1, -0.05) is 6.07 Å². The molecule has 0 spiro atoms. The number of H-pyrrole nitrogens is 1. The molecule has 1 aliphatic rings. The third kappa shape index (κ3) is 2.00. The van der Waals surface area contributed by atoms with E-state index < -0.39 is 0 Å². The molecule has 0 bridgehead atoms. The monoisotopic (exact) mass is 277 g/mol. The lowest BCUT2D eigenvalue weighted by Crippen LogP contribution is -2.22. The zero-order valence-corrected chi connectivity index (χ0v) is 11.5. The van der Waals surface area contributed by atoms with E-state index in [4.69, 9.17) is 0 Å². The summed E-state index contributed by atoms with van der Waals surface area (Å²) in [5.41, 5.74) is 5.08. The summed E-state index contributed by atoms with van der Waals surface area (Å²) in [6.45, 7) is 0.743. The Morgan fingerprint density at radius 2 is 1.90 bits per heavy atom. The van der Waals surface area contributed by atoms with Crippen LogP contribution in [0.15, 0.2) is 42.7 Å². The molecule has 0 radical (unpaired) electrons. The Balaban J connectivity index is 1.93. The number of nitrogens with one attached hydrogen (secondary N) is 2. The maximum Gasteiger partial charge on any atom is 0.253 e. The highest BCUT2D eigenvalue weighted by Gasteiger charge is 2.20. The Morgan fingerprint density at radius 1 is 1.05 bits per heavy atom. The Bertz CT molecular complexity index is 821. The van der Waals surface area contributed by atoms with Crippen molar-refractivity contribution in [2.75, 3.05) is 6.54 Å². The number of aryl methyl sites for hydroxylation is 1. The molecule has 4 nitrogen and oxygen atoms in total. The van der Waals surface area contributed by atoms with Crippen LogP contribution < -0.4 is 5.32 Å². The molecule has 0 saturated heterocycles. The van der Waals surface area contributed by atoms with Crippen molar-refractivity contribution in [3.05, 3.63) is 54.0 Å². The van der Waals surface area contributed by atoms with E-state index in [1.807, 2.05) is 18.2 Å². The number of benzene rings is 1. The summed E-state index contributed by atoms with van der Waals surface area (Å²) in [5.74, 6) is 0.0284. The van der Waals surface area contributed by atoms with Gasteiger partial charge >= 0.3 is 0 Å². The highest BCUT2D eigenvalue weighted by Crippen LogP contribution is 2.29. The van der Waals surface area contributed by atoms with E-state index in [9.17, 15) is 4.79 Å². The van der Waals surface area contributed by atoms with Gasteiger partial charge in [-0.25, -0.2) is 0 Å². The Morgan fingerprint density at radius 3 is 2.76 bits per heavy atom. The third-order valence-electron chi connectivity index (χ3n) is 4.01. The molecule has 0 atom stereocenters. The van der Waals surface area contributed by atoms with Crippen molar-refractivity contribution in [2.24, 2.45) is 0 Å². The predicted molar refractivity (Wildman–Crippen MR) is 82.2 cm³/mol. The second kappa shape index (κ2) is 4.74. The van der Waals surface area contributed by atoms with Crippen LogP contribution in [0, 0.1) is 0 Å². The number of amides is 1. The first-order valence-electron chi connectivity index (χ1n) is 7.16. The zero-order chi connectivity index (χ0) is 14.2. The predicted octanol–water partition coefficient (Wildman–Crippen LogP) is 2.91. The number of hydrogen-bond donors (Lipinski definition) is 2. The van der Waals surface area contributed by atoms with Gasteiger partial charge in [0.05, 0.1) is 5.56 Å². The number of fused-ring (bicyclic) bond motifs is 3. The van der Waals surface area contributed by atoms with Crippen LogP contribution in [0.5, 0.6) is 0 Å². The van der Waals surface area contributed by atoms with E-state index in [2.05, 4.69) is 27.4 Å². The standard InChI is InChI=1S/C17H15N3O/c21-17-16-13-10-12(11-5-8-18-9-6-11)3-4-14(13)20-15(16)2-1-7-19-17/h3-6,8-10,20H,1-2,7H2,(H,19,21). The van der Waals surface area contributed by atoms with Gasteiger partial charge in [-0.3, -0.25) is 9.78 Å². The Labute approximate surface area is 122 Å². The minimum absolute atomic E-state index is 0.0284. The molecule has 0 unspecified atom stereocenters. The SMILES string of the molecule is O=C1NCCCc2[nH]c3ccc(-c4ccncc4)cc3c21. The van der Waals surface area contributed by atoms with E-state index in [0.29, 0.717) is 0 Å². The molecule has 21 heavy (non-hydrogen) atoms. The number of carbonyl (C=O) groups is 1. The highest BCUT2D eigenvalue weighted by molar-refractivity contribution is 6.09. The number of rotatable bonds is 1. The van der Waals surface area contributed by atoms with Crippen LogP contribution in [0.25, 0.3) is 22.0 Å². The summed E-state index contributed by atoms with van der Waals surface area (Å²) in [6, 6.07) is 10.2. The summed E-state index contributed by atoms with van der Waals surface area (Å²) in [7, 11) is 0. The van der Waals surface area contributed by atoms with Gasteiger partial charge in [-0.15, -0.1) is 0 Å². The van der Waals surface area contributed by atoms with Gasteiger partial charge in [0.15, 0.2) is 0 Å². The van der Waals surface area contributed by atoms with Crippen molar-refractivity contribution >= 4 is 16.8 Å². The first kappa shape index (κ1) is 12.1. The number of carbonyl (C=O) groups excluding carboxylic acids is 1. The van der Waals surface area contributed by atoms with Crippen molar-refractivity contribution < 1.29 is 4.79 Å². The lowest BCUT2D eigenvalue weighted by Gasteiger charge is -2.03. The average Bonchev–Trinajstić information content (AvgIpc) is 2.79. The van der Waals surface area contributed by atoms with Crippen LogP contribution >= 0.6 is 0 Å². The second-order valence-corrected chi connectivity index (χ2v) is 5.33. The number of aromatic nitrogens is 2. The highest BCUT2D eigenvalue weighted by atomic mass is 16.1. The van der Waals surface area contributed by atoms with Gasteiger partial charge in [0, 0.05) is 35.5 Å². The van der Waals surface area contributed by atoms with Gasteiger partial charge in [0.25, 0.3) is 5.91 Å². The van der Waals surface area contributed by atoms with Crippen LogP contribution in [0.2, 0.25) is 0 Å². The van der Waals surface area contributed by atoms with Crippen LogP contribution in [-0.2, 0) is 6.42 Å². The molecule has 0 aliphatic carbocycles. The largest absolute Gasteiger partial charge is 0.358 e. The molecule has 3 aromatic rings. The lowest BCUT2D eigenvalue weighted by molar-refractivity contribution is 0.0957. The van der Waals surface area contributed by atoms with Gasteiger partial charge < -0.3 is 10.3 Å². The topological polar surface area (TPSA) is 57.8 Å². The van der Waals surface area contributed by atoms with Crippen LogP contribution in [-0.4, -0.2) is 22.4 Å². The quantitative estimate of drug-likeness (QED) is 0.718. The molecule has 1 aromatic carbocycles. The molecule has 0 fully saturated rings. The maximum absolute atomic E-state index is 12.3. The van der Waals surface area contributed by atoms with E-state index in [-0.39, 0.29) is 5.91 Å². The summed E-state index contributed by atoms with van der Waals surface area (Å²) in [5, 5.41) is 3.97. The van der Waals surface area contributed by atoms with Crippen LogP contribution in [0.3, 0.4) is 0 Å². The fourth-order valence-electron chi connectivity index (χ4n) is 2.97. The fraction of sp³-hybridized carbons (Fsp3) is 0.176. The lowest BCUT2D eigenvalue weighted by atomic mass is 10.0. The normalized spacial score (nSPS) is 14.6. The van der Waals surface area contributed by atoms with Crippen molar-refractivity contribution in [3.63, 3.8) is 0 Å². The number of hydrogen-bond acceptors (Lipinski definition) is 2. The zero-order valence-electron chi connectivity index (χ0n) is 11.5. The second-order valence-electron chi connectivity index (χ2n) is 5.33. The summed E-state index contributed by atoms with van der Waals surface area (Å²) in [4.78, 5) is 19.7. The third-order valence-corrected chi connectivity index (χ3v) is 4.01. The van der Waals surface area contributed by atoms with Gasteiger partial charge in [-0.2, -0.15) is 0 Å². The summed E-state index contributed by atoms with van der Waals surface area (Å²) < 4.78 is 0. The van der Waals surface area contributed by atoms with Crippen molar-refractivity contribution in [1.29, 1.82) is 0 Å². The van der Waals surface area contributed by atoms with Crippen LogP contribution in [0.4, 0.5) is 0 Å². The van der Waals surface area contributed by atoms with Gasteiger partial charge in [-0.05, 0) is 48.2 Å². The first-order valence-corrected chi connectivity index (χ1v) is 7.16. The molecule has 4 rings (SSSR count). The van der Waals surface area contributed by atoms with Crippen LogP contribution in [0.1, 0.15) is 22.5 Å². The number of aromatic amines is 1. The Kier molecular flexibility index (Phi) is 2.74. The maximum atomic E-state index is 12.3. The van der Waals surface area contributed by atoms with Crippen molar-refractivity contribution in [2.45, 2.75) is 12.8 Å². The van der Waals surface area contributed by atoms with E-state index in [1.165, 1.54) is 0 Å². The molecule has 1 aliphatic heterocycles. The molecule has 4 heteroatoms. The summed E-state index contributed by atoms with van der Waals surface area (Å²) >= 11 is 0. The van der Waals surface area contributed by atoms with E-state index in [0.717, 1.165) is 52.7 Å². The molecule has 1 amide bonds. The van der Waals surface area contributed by atoms with Gasteiger partial charge in [0.2, 0.25) is 0 Å². The molecule has 3 heterocycles. The Hall–Kier alpha value is -2.62. The summed E-state index contributed by atoms with van der Waals surface area (Å²) in [6.07, 6.45) is 5.45. The van der Waals surface area contributed by atoms with Crippen molar-refractivity contribution in [1.82, 2.24) is 15.3 Å². The number of nitrogens with zero attached hydrogens (tertiary/aromatic N) is 1. The number of pyridine rings is 1. The molecule has 0 saturated carbocycles. The van der Waals surface area contributed by atoms with E-state index in [1.54, 1.807) is 12.4 Å². The first-order chi connectivity index (χ1) is 10.3. The molecular formula is C17H15N3O.